The van der Waals surface area contributed by atoms with E-state index in [0.717, 1.165) is 0 Å². The van der Waals surface area contributed by atoms with E-state index in [0.29, 0.717) is 6.29 Å². The predicted molar refractivity (Wildman–Crippen MR) is 39.5 cm³/mol. The number of hydrogen-bond acceptors (Lipinski definition) is 3. The Bertz CT molecular complexity index is 117. The van der Waals surface area contributed by atoms with Gasteiger partial charge in [-0.3, -0.25) is 0 Å². The summed E-state index contributed by atoms with van der Waals surface area (Å²) in [6.45, 7) is 5.50. The van der Waals surface area contributed by atoms with Crippen molar-refractivity contribution in [3.8, 4) is 0 Å². The predicted octanol–water partition coefficient (Wildman–Crippen LogP) is -0.0804. The van der Waals surface area contributed by atoms with Crippen LogP contribution in [0, 0.1) is 5.41 Å². The average Bonchev–Trinajstić information content (AvgIpc) is 1.83. The topological polar surface area (TPSA) is 63.3 Å². The highest BCUT2D eigenvalue weighted by atomic mass is 16.3. The van der Waals surface area contributed by atoms with Gasteiger partial charge in [-0.15, -0.1) is 0 Å². The van der Waals surface area contributed by atoms with Crippen molar-refractivity contribution in [3.63, 3.8) is 0 Å². The van der Waals surface area contributed by atoms with Crippen LogP contribution in [0.3, 0.4) is 0 Å². The third-order valence-electron chi connectivity index (χ3n) is 1.41. The van der Waals surface area contributed by atoms with Gasteiger partial charge in [-0.05, 0) is 5.41 Å². The van der Waals surface area contributed by atoms with Crippen molar-refractivity contribution in [2.75, 3.05) is 0 Å². The molecule has 0 rings (SSSR count). The zero-order valence-electron chi connectivity index (χ0n) is 6.66. The van der Waals surface area contributed by atoms with Crippen LogP contribution >= 0.6 is 0 Å². The highest BCUT2D eigenvalue weighted by Crippen LogP contribution is 2.19. The first-order valence-corrected chi connectivity index (χ1v) is 3.28. The molecule has 0 spiro atoms. The molecule has 3 nitrogen and oxygen atoms in total. The normalized spacial score (nSPS) is 18.1. The molecule has 0 saturated carbocycles. The minimum atomic E-state index is -0.764. The number of aldehydes is 1. The number of aliphatic hydroxyl groups excluding tert-OH is 1. The molecule has 0 aliphatic rings. The molecule has 0 aliphatic heterocycles. The summed E-state index contributed by atoms with van der Waals surface area (Å²) >= 11 is 0. The number of hydrogen-bond donors (Lipinski definition) is 2. The Balaban J connectivity index is 4.07. The molecule has 0 amide bonds. The van der Waals surface area contributed by atoms with Crippen molar-refractivity contribution in [2.24, 2.45) is 11.1 Å². The molecule has 0 aromatic heterocycles. The molecule has 0 heterocycles. The van der Waals surface area contributed by atoms with Gasteiger partial charge in [0.25, 0.3) is 0 Å². The number of carbonyl (C=O) groups excluding carboxylic acids is 1. The van der Waals surface area contributed by atoms with Crippen molar-refractivity contribution in [1.29, 1.82) is 0 Å². The van der Waals surface area contributed by atoms with Crippen molar-refractivity contribution < 1.29 is 9.90 Å². The molecule has 3 N–H and O–H groups in total. The van der Waals surface area contributed by atoms with E-state index >= 15 is 0 Å². The maximum absolute atomic E-state index is 10.1. The summed E-state index contributed by atoms with van der Waals surface area (Å²) in [6, 6.07) is -0.764. The first-order chi connectivity index (χ1) is 4.39. The lowest BCUT2D eigenvalue weighted by Crippen LogP contribution is -2.44. The third kappa shape index (κ3) is 2.45. The van der Waals surface area contributed by atoms with Gasteiger partial charge in [-0.1, -0.05) is 20.8 Å². The molecule has 0 saturated heterocycles. The second-order valence-electron chi connectivity index (χ2n) is 3.52. The van der Waals surface area contributed by atoms with E-state index in [-0.39, 0.29) is 5.41 Å². The summed E-state index contributed by atoms with van der Waals surface area (Å²) in [6.07, 6.45) is -0.194. The SMILES string of the molecule is CC(C)(C)[C@@H](O)[C@H](N)C=O. The number of rotatable bonds is 2. The van der Waals surface area contributed by atoms with Crippen LogP contribution in [0.5, 0.6) is 0 Å². The van der Waals surface area contributed by atoms with Crippen LogP contribution in [0.1, 0.15) is 20.8 Å². The number of nitrogens with two attached hydrogens (primary N) is 1. The van der Waals surface area contributed by atoms with Gasteiger partial charge in [0.05, 0.1) is 12.1 Å². The highest BCUT2D eigenvalue weighted by Gasteiger charge is 2.27. The first-order valence-electron chi connectivity index (χ1n) is 3.28. The van der Waals surface area contributed by atoms with Crippen molar-refractivity contribution in [2.45, 2.75) is 32.9 Å². The molecule has 60 valence electrons. The molecule has 0 fully saturated rings. The maximum atomic E-state index is 10.1. The fourth-order valence-corrected chi connectivity index (χ4v) is 0.652. The van der Waals surface area contributed by atoms with Crippen molar-refractivity contribution >= 4 is 6.29 Å². The average molecular weight is 145 g/mol. The smallest absolute Gasteiger partial charge is 0.139 e. The quantitative estimate of drug-likeness (QED) is 0.534. The monoisotopic (exact) mass is 145 g/mol. The zero-order valence-corrected chi connectivity index (χ0v) is 6.66. The van der Waals surface area contributed by atoms with Crippen LogP contribution in [-0.4, -0.2) is 23.5 Å². The minimum Gasteiger partial charge on any atom is -0.390 e. The molecule has 0 bridgehead atoms. The van der Waals surface area contributed by atoms with Gasteiger partial charge in [0.1, 0.15) is 6.29 Å². The standard InChI is InChI=1S/C7H15NO2/c1-7(2,3)6(10)5(8)4-9/h4-6,10H,8H2,1-3H3/t5-,6+/m1/s1. The van der Waals surface area contributed by atoms with Crippen LogP contribution in [0.15, 0.2) is 0 Å². The second-order valence-corrected chi connectivity index (χ2v) is 3.52. The van der Waals surface area contributed by atoms with Gasteiger partial charge in [-0.2, -0.15) is 0 Å². The van der Waals surface area contributed by atoms with E-state index in [4.69, 9.17) is 5.73 Å². The minimum absolute atomic E-state index is 0.319. The molecule has 0 aromatic rings. The molecule has 0 aliphatic carbocycles. The van der Waals surface area contributed by atoms with Gasteiger partial charge in [-0.25, -0.2) is 0 Å². The molecular formula is C7H15NO2. The Hall–Kier alpha value is -0.410. The summed E-state index contributed by atoms with van der Waals surface area (Å²) in [5.74, 6) is 0. The Kier molecular flexibility index (Phi) is 2.99. The second kappa shape index (κ2) is 3.12. The van der Waals surface area contributed by atoms with E-state index in [9.17, 15) is 9.90 Å². The summed E-state index contributed by atoms with van der Waals surface area (Å²) in [5.41, 5.74) is 4.97. The largest absolute Gasteiger partial charge is 0.390 e. The lowest BCUT2D eigenvalue weighted by atomic mass is 9.85. The molecule has 0 radical (unpaired) electrons. The Morgan fingerprint density at radius 1 is 1.50 bits per heavy atom. The molecular weight excluding hydrogens is 130 g/mol. The lowest BCUT2D eigenvalue weighted by Gasteiger charge is -2.27. The van der Waals surface area contributed by atoms with E-state index < -0.39 is 12.1 Å². The molecule has 0 unspecified atom stereocenters. The molecule has 10 heavy (non-hydrogen) atoms. The molecule has 3 heteroatoms. The van der Waals surface area contributed by atoms with E-state index in [1.165, 1.54) is 0 Å². The maximum Gasteiger partial charge on any atom is 0.139 e. The Morgan fingerprint density at radius 2 is 1.90 bits per heavy atom. The summed E-state index contributed by atoms with van der Waals surface area (Å²) in [4.78, 5) is 10.1. The van der Waals surface area contributed by atoms with Gasteiger partial charge in [0, 0.05) is 0 Å². The van der Waals surface area contributed by atoms with Gasteiger partial charge in [0.15, 0.2) is 0 Å². The van der Waals surface area contributed by atoms with Gasteiger partial charge >= 0.3 is 0 Å². The van der Waals surface area contributed by atoms with Crippen LogP contribution in [0.25, 0.3) is 0 Å². The lowest BCUT2D eigenvalue weighted by molar-refractivity contribution is -0.112. The number of aliphatic hydroxyl groups is 1. The van der Waals surface area contributed by atoms with Crippen LogP contribution in [-0.2, 0) is 4.79 Å². The zero-order chi connectivity index (χ0) is 8.36. The fraction of sp³-hybridized carbons (Fsp3) is 0.857. The van der Waals surface area contributed by atoms with Crippen LogP contribution in [0.4, 0.5) is 0 Å². The summed E-state index contributed by atoms with van der Waals surface area (Å²) in [5, 5.41) is 9.30. The summed E-state index contributed by atoms with van der Waals surface area (Å²) in [7, 11) is 0. The Labute approximate surface area is 61.2 Å². The van der Waals surface area contributed by atoms with E-state index in [1.54, 1.807) is 0 Å². The molecule has 0 aromatic carbocycles. The molecule has 2 atom stereocenters. The van der Waals surface area contributed by atoms with Crippen LogP contribution in [0.2, 0.25) is 0 Å². The fourth-order valence-electron chi connectivity index (χ4n) is 0.652. The van der Waals surface area contributed by atoms with E-state index in [1.807, 2.05) is 20.8 Å². The number of carbonyl (C=O) groups is 1. The van der Waals surface area contributed by atoms with Gasteiger partial charge < -0.3 is 15.6 Å². The van der Waals surface area contributed by atoms with Gasteiger partial charge in [0.2, 0.25) is 0 Å². The summed E-state index contributed by atoms with van der Waals surface area (Å²) < 4.78 is 0. The highest BCUT2D eigenvalue weighted by molar-refractivity contribution is 5.58. The van der Waals surface area contributed by atoms with Crippen molar-refractivity contribution in [1.82, 2.24) is 0 Å². The van der Waals surface area contributed by atoms with E-state index in [2.05, 4.69) is 0 Å². The van der Waals surface area contributed by atoms with Crippen LogP contribution < -0.4 is 5.73 Å². The third-order valence-corrected chi connectivity index (χ3v) is 1.41. The first kappa shape index (κ1) is 9.59. The Morgan fingerprint density at radius 3 is 2.00 bits per heavy atom. The van der Waals surface area contributed by atoms with Crippen molar-refractivity contribution in [3.05, 3.63) is 0 Å².